The number of hydrogen-bond acceptors (Lipinski definition) is 10. The summed E-state index contributed by atoms with van der Waals surface area (Å²) in [6.45, 7) is 2.64. The molecular weight excluding hydrogens is 773 g/mol. The second kappa shape index (κ2) is 36.7. The topological polar surface area (TPSA) is 184 Å². The molecule has 59 heavy (non-hydrogen) atoms. The van der Waals surface area contributed by atoms with Crippen LogP contribution in [0.5, 0.6) is 0 Å². The Morgan fingerprint density at radius 3 is 1.71 bits per heavy atom. The molecule has 0 spiro atoms. The number of aliphatic carboxylic acids is 1. The number of carboxylic acid groups (broad SMARTS) is 1. The SMILES string of the molecule is CCCCCCCC/C=C\C/C=C\C/C=C\CCCC(=O)OC[C@H](COP(=O)(O)OC[C@H](N)C(=O)O)OC(=O)CCC/C=C\C/C=C\C/C=C\CC1OC1CCCCC. The summed E-state index contributed by atoms with van der Waals surface area (Å²) in [7, 11) is -4.75. The third-order valence-corrected chi connectivity index (χ3v) is 10.3. The van der Waals surface area contributed by atoms with Crippen molar-refractivity contribution in [3.05, 3.63) is 72.9 Å². The molecule has 0 saturated carbocycles. The van der Waals surface area contributed by atoms with Gasteiger partial charge in [0.05, 0.1) is 25.4 Å². The molecule has 1 aliphatic rings. The van der Waals surface area contributed by atoms with E-state index in [1.807, 2.05) is 18.2 Å². The van der Waals surface area contributed by atoms with Crippen molar-refractivity contribution in [1.82, 2.24) is 0 Å². The molecule has 5 atom stereocenters. The summed E-state index contributed by atoms with van der Waals surface area (Å²) in [5, 5.41) is 8.89. The minimum Gasteiger partial charge on any atom is -0.480 e. The highest BCUT2D eigenvalue weighted by Gasteiger charge is 2.36. The number of carbonyl (C=O) groups excluding carboxylic acids is 2. The lowest BCUT2D eigenvalue weighted by molar-refractivity contribution is -0.161. The molecule has 1 heterocycles. The van der Waals surface area contributed by atoms with Gasteiger partial charge in [0.25, 0.3) is 0 Å². The number of allylic oxidation sites excluding steroid dienone is 11. The molecule has 0 aromatic carbocycles. The number of epoxide rings is 1. The maximum absolute atomic E-state index is 12.6. The van der Waals surface area contributed by atoms with Crippen LogP contribution >= 0.6 is 7.82 Å². The van der Waals surface area contributed by atoms with E-state index in [2.05, 4.69) is 73.1 Å². The molecule has 1 fully saturated rings. The largest absolute Gasteiger partial charge is 0.480 e. The minimum absolute atomic E-state index is 0.0673. The Morgan fingerprint density at radius 2 is 1.12 bits per heavy atom. The van der Waals surface area contributed by atoms with Gasteiger partial charge in [0.1, 0.15) is 12.6 Å². The van der Waals surface area contributed by atoms with Crippen LogP contribution in [-0.4, -0.2) is 72.1 Å². The fourth-order valence-electron chi connectivity index (χ4n) is 5.75. The van der Waals surface area contributed by atoms with Crippen LogP contribution in [0.2, 0.25) is 0 Å². The van der Waals surface area contributed by atoms with Crippen LogP contribution in [0.15, 0.2) is 72.9 Å². The molecule has 4 N–H and O–H groups in total. The third kappa shape index (κ3) is 34.3. The van der Waals surface area contributed by atoms with Crippen molar-refractivity contribution in [3.8, 4) is 0 Å². The van der Waals surface area contributed by atoms with Crippen molar-refractivity contribution in [2.24, 2.45) is 5.73 Å². The zero-order valence-corrected chi connectivity index (χ0v) is 36.9. The highest BCUT2D eigenvalue weighted by Crippen LogP contribution is 2.43. The molecule has 0 bridgehead atoms. The number of nitrogens with two attached hydrogens (primary N) is 1. The van der Waals surface area contributed by atoms with Crippen LogP contribution < -0.4 is 5.73 Å². The van der Waals surface area contributed by atoms with Crippen molar-refractivity contribution in [3.63, 3.8) is 0 Å². The smallest absolute Gasteiger partial charge is 0.472 e. The number of esters is 2. The van der Waals surface area contributed by atoms with Gasteiger partial charge < -0.3 is 29.9 Å². The number of carbonyl (C=O) groups is 3. The molecular formula is C46H76NO11P. The van der Waals surface area contributed by atoms with Gasteiger partial charge in [-0.1, -0.05) is 138 Å². The van der Waals surface area contributed by atoms with Crippen LogP contribution in [0.3, 0.4) is 0 Å². The number of ether oxygens (including phenoxy) is 3. The van der Waals surface area contributed by atoms with E-state index in [0.29, 0.717) is 37.9 Å². The lowest BCUT2D eigenvalue weighted by atomic mass is 10.1. The van der Waals surface area contributed by atoms with Gasteiger partial charge in [0, 0.05) is 12.8 Å². The molecule has 13 heteroatoms. The van der Waals surface area contributed by atoms with Crippen LogP contribution in [0.4, 0.5) is 0 Å². The monoisotopic (exact) mass is 850 g/mol. The molecule has 336 valence electrons. The Hall–Kier alpha value is -3.12. The fourth-order valence-corrected chi connectivity index (χ4v) is 6.53. The van der Waals surface area contributed by atoms with Gasteiger partial charge in [0.15, 0.2) is 6.10 Å². The molecule has 0 aliphatic carbocycles. The summed E-state index contributed by atoms with van der Waals surface area (Å²) >= 11 is 0. The van der Waals surface area contributed by atoms with Crippen molar-refractivity contribution in [2.45, 2.75) is 179 Å². The van der Waals surface area contributed by atoms with Crippen LogP contribution in [0.25, 0.3) is 0 Å². The Bertz CT molecular complexity index is 1340. The Morgan fingerprint density at radius 1 is 0.627 bits per heavy atom. The summed E-state index contributed by atoms with van der Waals surface area (Å²) in [6, 6.07) is -1.54. The maximum atomic E-state index is 12.6. The van der Waals surface area contributed by atoms with Crippen LogP contribution in [0.1, 0.15) is 155 Å². The molecule has 0 aromatic rings. The van der Waals surface area contributed by atoms with Crippen LogP contribution in [0, 0.1) is 0 Å². The maximum Gasteiger partial charge on any atom is 0.472 e. The van der Waals surface area contributed by atoms with Crippen molar-refractivity contribution >= 4 is 25.7 Å². The zero-order valence-electron chi connectivity index (χ0n) is 36.0. The van der Waals surface area contributed by atoms with Gasteiger partial charge >= 0.3 is 25.7 Å². The fraction of sp³-hybridized carbons (Fsp3) is 0.674. The van der Waals surface area contributed by atoms with Gasteiger partial charge in [0.2, 0.25) is 0 Å². The predicted octanol–water partition coefficient (Wildman–Crippen LogP) is 10.7. The molecule has 0 radical (unpaired) electrons. The first-order chi connectivity index (χ1) is 28.6. The molecule has 1 aliphatic heterocycles. The average molecular weight is 850 g/mol. The molecule has 12 nitrogen and oxygen atoms in total. The molecule has 3 unspecified atom stereocenters. The quantitative estimate of drug-likeness (QED) is 0.0175. The van der Waals surface area contributed by atoms with E-state index in [4.69, 9.17) is 29.6 Å². The predicted molar refractivity (Wildman–Crippen MR) is 235 cm³/mol. The van der Waals surface area contributed by atoms with E-state index < -0.39 is 57.7 Å². The van der Waals surface area contributed by atoms with Gasteiger partial charge in [-0.05, 0) is 77.0 Å². The number of rotatable bonds is 39. The number of carboxylic acids is 1. The van der Waals surface area contributed by atoms with E-state index in [1.54, 1.807) is 0 Å². The van der Waals surface area contributed by atoms with Crippen molar-refractivity contribution in [2.75, 3.05) is 19.8 Å². The zero-order chi connectivity index (χ0) is 43.2. The summed E-state index contributed by atoms with van der Waals surface area (Å²) in [5.74, 6) is -2.53. The first kappa shape index (κ1) is 53.9. The van der Waals surface area contributed by atoms with Gasteiger partial charge in [-0.25, -0.2) is 4.57 Å². The number of phosphoric acid groups is 1. The van der Waals surface area contributed by atoms with Crippen molar-refractivity contribution < 1.29 is 52.2 Å². The van der Waals surface area contributed by atoms with Gasteiger partial charge in [-0.15, -0.1) is 0 Å². The standard InChI is InChI=1S/C46H76NO11P/c1-3-5-7-8-9-10-11-12-13-14-15-16-17-21-24-27-31-35-44(48)54-37-40(38-55-59(52,53)56-39-41(47)46(50)51)57-45(49)36-32-28-25-22-19-18-20-23-26-30-34-43-42(58-43)33-29-6-4-2/h12-13,15-16,18,20-22,24-26,30,40-43H,3-11,14,17,19,23,27-29,31-39,47H2,1-2H3,(H,50,51)(H,52,53)/b13-12-,16-15-,20-18-,24-21-,25-22-,30-26-/t40-,41+,42?,43?/m1/s1. The highest BCUT2D eigenvalue weighted by atomic mass is 31.2. The molecule has 0 aromatic heterocycles. The number of hydrogen-bond donors (Lipinski definition) is 3. The minimum atomic E-state index is -4.75. The second-order valence-electron chi connectivity index (χ2n) is 14.9. The third-order valence-electron chi connectivity index (χ3n) is 9.35. The lowest BCUT2D eigenvalue weighted by Crippen LogP contribution is -2.34. The second-order valence-corrected chi connectivity index (χ2v) is 16.3. The lowest BCUT2D eigenvalue weighted by Gasteiger charge is -2.20. The van der Waals surface area contributed by atoms with Gasteiger partial charge in [-0.2, -0.15) is 0 Å². The van der Waals surface area contributed by atoms with Gasteiger partial charge in [-0.3, -0.25) is 23.4 Å². The number of phosphoric ester groups is 1. The number of unbranched alkanes of at least 4 members (excludes halogenated alkanes) is 10. The first-order valence-electron chi connectivity index (χ1n) is 22.1. The summed E-state index contributed by atoms with van der Waals surface area (Å²) < 4.78 is 38.3. The Kier molecular flexibility index (Phi) is 33.5. The van der Waals surface area contributed by atoms with Crippen LogP contribution in [-0.2, 0) is 42.2 Å². The normalized spacial score (nSPS) is 17.8. The van der Waals surface area contributed by atoms with E-state index in [1.165, 1.54) is 64.2 Å². The first-order valence-corrected chi connectivity index (χ1v) is 23.6. The average Bonchev–Trinajstić information content (AvgIpc) is 3.97. The van der Waals surface area contributed by atoms with E-state index in [0.717, 1.165) is 38.5 Å². The van der Waals surface area contributed by atoms with E-state index in [9.17, 15) is 23.8 Å². The molecule has 0 amide bonds. The molecule has 1 saturated heterocycles. The summed E-state index contributed by atoms with van der Waals surface area (Å²) in [4.78, 5) is 45.9. The Balaban J connectivity index is 2.36. The highest BCUT2D eigenvalue weighted by molar-refractivity contribution is 7.47. The Labute approximate surface area is 355 Å². The van der Waals surface area contributed by atoms with Crippen molar-refractivity contribution in [1.29, 1.82) is 0 Å². The molecule has 1 rings (SSSR count). The summed E-state index contributed by atoms with van der Waals surface area (Å²) in [5.41, 5.74) is 5.33. The van der Waals surface area contributed by atoms with E-state index in [-0.39, 0.29) is 12.8 Å². The van der Waals surface area contributed by atoms with E-state index >= 15 is 0 Å². The summed E-state index contributed by atoms with van der Waals surface area (Å²) in [6.07, 6.45) is 45.9.